The van der Waals surface area contributed by atoms with E-state index in [0.29, 0.717) is 12.6 Å². The van der Waals surface area contributed by atoms with Crippen molar-refractivity contribution < 1.29 is 4.79 Å². The number of halogens is 1. The fourth-order valence-electron chi connectivity index (χ4n) is 4.32. The second-order valence-corrected chi connectivity index (χ2v) is 8.25. The molecule has 0 spiro atoms. The Bertz CT molecular complexity index is 777. The molecule has 1 aliphatic heterocycles. The van der Waals surface area contributed by atoms with Gasteiger partial charge in [-0.15, -0.1) is 0 Å². The van der Waals surface area contributed by atoms with Gasteiger partial charge in [0, 0.05) is 16.2 Å². The maximum absolute atomic E-state index is 12.6. The Labute approximate surface area is 157 Å². The van der Waals surface area contributed by atoms with Crippen LogP contribution in [0.4, 0.5) is 5.69 Å². The van der Waals surface area contributed by atoms with E-state index >= 15 is 0 Å². The summed E-state index contributed by atoms with van der Waals surface area (Å²) < 4.78 is 1.04. The highest BCUT2D eigenvalue weighted by Crippen LogP contribution is 2.41. The number of anilines is 1. The first-order chi connectivity index (χ1) is 12.1. The van der Waals surface area contributed by atoms with Crippen molar-refractivity contribution in [2.45, 2.75) is 38.3 Å². The summed E-state index contributed by atoms with van der Waals surface area (Å²) in [5.74, 6) is 0.816. The van der Waals surface area contributed by atoms with Crippen LogP contribution in [0.25, 0.3) is 0 Å². The van der Waals surface area contributed by atoms with Gasteiger partial charge in [0.2, 0.25) is 5.91 Å². The van der Waals surface area contributed by atoms with E-state index in [1.54, 1.807) is 0 Å². The van der Waals surface area contributed by atoms with Crippen molar-refractivity contribution in [2.75, 3.05) is 11.9 Å². The Morgan fingerprint density at radius 1 is 1.12 bits per heavy atom. The van der Waals surface area contributed by atoms with Crippen LogP contribution in [0.5, 0.6) is 0 Å². The Hall–Kier alpha value is -1.65. The highest BCUT2D eigenvalue weighted by molar-refractivity contribution is 9.10. The number of hydrogen-bond acceptors (Lipinski definition) is 2. The molecule has 130 valence electrons. The smallest absolute Gasteiger partial charge is 0.238 e. The number of benzene rings is 2. The van der Waals surface area contributed by atoms with Crippen LogP contribution in [0.1, 0.15) is 43.4 Å². The van der Waals surface area contributed by atoms with Crippen molar-refractivity contribution in [1.29, 1.82) is 0 Å². The second-order valence-electron chi connectivity index (χ2n) is 7.34. The lowest BCUT2D eigenvalue weighted by Gasteiger charge is -2.35. The number of amides is 1. The average molecular weight is 399 g/mol. The third-order valence-electron chi connectivity index (χ3n) is 5.49. The molecule has 3 nitrogen and oxygen atoms in total. The predicted octanol–water partition coefficient (Wildman–Crippen LogP) is 4.98. The van der Waals surface area contributed by atoms with Gasteiger partial charge in [-0.3, -0.25) is 9.69 Å². The highest BCUT2D eigenvalue weighted by Gasteiger charge is 2.37. The largest absolute Gasteiger partial charge is 0.325 e. The number of fused-ring (bicyclic) bond motifs is 1. The number of nitrogens with one attached hydrogen (secondary N) is 1. The molecular weight excluding hydrogens is 376 g/mol. The summed E-state index contributed by atoms with van der Waals surface area (Å²) >= 11 is 3.61. The fraction of sp³-hybridized carbons (Fsp3) is 0.381. The molecule has 1 heterocycles. The molecule has 4 rings (SSSR count). The maximum atomic E-state index is 12.6. The van der Waals surface area contributed by atoms with Gasteiger partial charge in [-0.25, -0.2) is 0 Å². The van der Waals surface area contributed by atoms with Crippen molar-refractivity contribution in [3.8, 4) is 0 Å². The molecule has 2 aliphatic rings. The third-order valence-corrected chi connectivity index (χ3v) is 5.98. The molecule has 0 radical (unpaired) electrons. The van der Waals surface area contributed by atoms with Crippen LogP contribution in [0.2, 0.25) is 0 Å². The lowest BCUT2D eigenvalue weighted by Crippen LogP contribution is -2.40. The van der Waals surface area contributed by atoms with E-state index in [0.717, 1.165) is 16.1 Å². The quantitative estimate of drug-likeness (QED) is 0.773. The minimum Gasteiger partial charge on any atom is -0.325 e. The van der Waals surface area contributed by atoms with E-state index < -0.39 is 0 Å². The Kier molecular flexibility index (Phi) is 4.65. The molecule has 1 aliphatic carbocycles. The van der Waals surface area contributed by atoms with Crippen molar-refractivity contribution >= 4 is 27.5 Å². The zero-order chi connectivity index (χ0) is 17.4. The topological polar surface area (TPSA) is 32.3 Å². The molecule has 1 N–H and O–H groups in total. The zero-order valence-corrected chi connectivity index (χ0v) is 16.0. The summed E-state index contributed by atoms with van der Waals surface area (Å²) in [7, 11) is 0. The van der Waals surface area contributed by atoms with Gasteiger partial charge in [-0.2, -0.15) is 0 Å². The van der Waals surface area contributed by atoms with Gasteiger partial charge in [0.05, 0.1) is 12.6 Å². The van der Waals surface area contributed by atoms with Gasteiger partial charge in [0.25, 0.3) is 0 Å². The third kappa shape index (κ3) is 3.38. The van der Waals surface area contributed by atoms with Crippen LogP contribution in [0, 0.1) is 5.92 Å². The first-order valence-electron chi connectivity index (χ1n) is 9.02. The second kappa shape index (κ2) is 6.93. The van der Waals surface area contributed by atoms with Crippen molar-refractivity contribution in [3.63, 3.8) is 0 Å². The normalized spacial score (nSPS) is 26.8. The average Bonchev–Trinajstić information content (AvgIpc) is 2.97. The van der Waals surface area contributed by atoms with E-state index in [2.05, 4.69) is 63.4 Å². The molecule has 0 bridgehead atoms. The van der Waals surface area contributed by atoms with E-state index in [9.17, 15) is 4.79 Å². The Morgan fingerprint density at radius 2 is 1.92 bits per heavy atom. The molecule has 3 atom stereocenters. The standard InChI is InChI=1S/C21H23BrN2O/c1-14-7-9-17(11-14)24-13-20(25)23-19-10-8-16(22)12-18(19)21(24)15-5-3-2-4-6-15/h2-6,8,10,12,14,17,21H,7,9,11,13H2,1H3,(H,23,25). The minimum atomic E-state index is 0.0848. The van der Waals surface area contributed by atoms with E-state index in [1.807, 2.05) is 18.2 Å². The fourth-order valence-corrected chi connectivity index (χ4v) is 4.70. The van der Waals surface area contributed by atoms with Crippen LogP contribution in [0.15, 0.2) is 53.0 Å². The Balaban J connectivity index is 1.85. The molecule has 1 saturated carbocycles. The molecule has 0 aromatic heterocycles. The molecule has 1 fully saturated rings. The van der Waals surface area contributed by atoms with Gasteiger partial charge >= 0.3 is 0 Å². The van der Waals surface area contributed by atoms with E-state index in [-0.39, 0.29) is 11.9 Å². The molecule has 0 saturated heterocycles. The van der Waals surface area contributed by atoms with Crippen molar-refractivity contribution in [3.05, 3.63) is 64.1 Å². The number of nitrogens with zero attached hydrogens (tertiary/aromatic N) is 1. The summed E-state index contributed by atoms with van der Waals surface area (Å²) in [6.07, 6.45) is 3.58. The summed E-state index contributed by atoms with van der Waals surface area (Å²) in [4.78, 5) is 15.0. The van der Waals surface area contributed by atoms with Gasteiger partial charge in [0.15, 0.2) is 0 Å². The van der Waals surface area contributed by atoms with E-state index in [1.165, 1.54) is 30.4 Å². The maximum Gasteiger partial charge on any atom is 0.238 e. The van der Waals surface area contributed by atoms with Crippen molar-refractivity contribution in [1.82, 2.24) is 4.90 Å². The van der Waals surface area contributed by atoms with Crippen LogP contribution >= 0.6 is 15.9 Å². The molecule has 3 unspecified atom stereocenters. The summed E-state index contributed by atoms with van der Waals surface area (Å²) in [5, 5.41) is 3.11. The van der Waals surface area contributed by atoms with Gasteiger partial charge in [-0.05, 0) is 54.5 Å². The van der Waals surface area contributed by atoms with Crippen LogP contribution in [-0.4, -0.2) is 23.4 Å². The zero-order valence-electron chi connectivity index (χ0n) is 14.4. The monoisotopic (exact) mass is 398 g/mol. The number of rotatable bonds is 2. The molecule has 1 amide bonds. The molecule has 4 heteroatoms. The first-order valence-corrected chi connectivity index (χ1v) is 9.81. The number of hydrogen-bond donors (Lipinski definition) is 1. The summed E-state index contributed by atoms with van der Waals surface area (Å²) in [5.41, 5.74) is 3.35. The number of carbonyl (C=O) groups excluding carboxylic acids is 1. The Morgan fingerprint density at radius 3 is 2.64 bits per heavy atom. The van der Waals surface area contributed by atoms with Gasteiger partial charge in [-0.1, -0.05) is 53.2 Å². The summed E-state index contributed by atoms with van der Waals surface area (Å²) in [6, 6.07) is 17.3. The molecule has 2 aromatic rings. The van der Waals surface area contributed by atoms with Crippen molar-refractivity contribution in [2.24, 2.45) is 5.92 Å². The molecular formula is C21H23BrN2O. The van der Waals surface area contributed by atoms with Crippen LogP contribution in [0.3, 0.4) is 0 Å². The van der Waals surface area contributed by atoms with Crippen LogP contribution < -0.4 is 5.32 Å². The van der Waals surface area contributed by atoms with Gasteiger partial charge < -0.3 is 5.32 Å². The predicted molar refractivity (Wildman–Crippen MR) is 105 cm³/mol. The van der Waals surface area contributed by atoms with Crippen LogP contribution in [-0.2, 0) is 4.79 Å². The molecule has 2 aromatic carbocycles. The lowest BCUT2D eigenvalue weighted by atomic mass is 9.94. The summed E-state index contributed by atoms with van der Waals surface area (Å²) in [6.45, 7) is 2.77. The van der Waals surface area contributed by atoms with Gasteiger partial charge in [0.1, 0.15) is 0 Å². The highest BCUT2D eigenvalue weighted by atomic mass is 79.9. The van der Waals surface area contributed by atoms with E-state index in [4.69, 9.17) is 0 Å². The number of carbonyl (C=O) groups is 1. The minimum absolute atomic E-state index is 0.0848. The molecule has 25 heavy (non-hydrogen) atoms. The first kappa shape index (κ1) is 16.8. The SMILES string of the molecule is CC1CCC(N2CC(=O)Nc3ccc(Br)cc3C2c2ccccc2)C1. The lowest BCUT2D eigenvalue weighted by molar-refractivity contribution is -0.118.